The molecule has 35 heavy (non-hydrogen) atoms. The number of benzene rings is 2. The summed E-state index contributed by atoms with van der Waals surface area (Å²) in [6, 6.07) is 9.25. The van der Waals surface area contributed by atoms with E-state index in [9.17, 15) is 18.0 Å². The summed E-state index contributed by atoms with van der Waals surface area (Å²) in [4.78, 5) is 23.6. The first kappa shape index (κ1) is 23.4. The van der Waals surface area contributed by atoms with Crippen molar-refractivity contribution in [2.75, 3.05) is 19.4 Å². The Balaban J connectivity index is 1.51. The van der Waals surface area contributed by atoms with Gasteiger partial charge in [0.05, 0.1) is 41.8 Å². The van der Waals surface area contributed by atoms with E-state index < -0.39 is 17.2 Å². The Morgan fingerprint density at radius 1 is 1.23 bits per heavy atom. The lowest BCUT2D eigenvalue weighted by Crippen LogP contribution is -2.41. The lowest BCUT2D eigenvalue weighted by atomic mass is 9.86. The number of nitrogens with two attached hydrogens (primary N) is 1. The van der Waals surface area contributed by atoms with Crippen molar-refractivity contribution in [3.8, 4) is 0 Å². The zero-order chi connectivity index (χ0) is 25.1. The summed E-state index contributed by atoms with van der Waals surface area (Å²) in [5.41, 5.74) is 4.57. The maximum Gasteiger partial charge on any atom is 0.446 e. The highest BCUT2D eigenvalue weighted by Crippen LogP contribution is 2.44. The van der Waals surface area contributed by atoms with E-state index in [2.05, 4.69) is 9.97 Å². The van der Waals surface area contributed by atoms with E-state index in [1.807, 2.05) is 13.8 Å². The van der Waals surface area contributed by atoms with Crippen LogP contribution >= 0.6 is 11.8 Å². The van der Waals surface area contributed by atoms with Crippen molar-refractivity contribution >= 4 is 40.0 Å². The van der Waals surface area contributed by atoms with Crippen molar-refractivity contribution in [3.05, 3.63) is 65.6 Å². The molecule has 5 rings (SSSR count). The summed E-state index contributed by atoms with van der Waals surface area (Å²) in [5.74, 6) is 0.0813. The third-order valence-electron chi connectivity index (χ3n) is 6.28. The van der Waals surface area contributed by atoms with Gasteiger partial charge in [0.25, 0.3) is 5.91 Å². The second-order valence-corrected chi connectivity index (χ2v) is 10.0. The Morgan fingerprint density at radius 2 is 2.00 bits per heavy atom. The number of halogens is 3. The molecule has 2 aromatic heterocycles. The van der Waals surface area contributed by atoms with Crippen molar-refractivity contribution in [2.45, 2.75) is 35.9 Å². The molecular formula is C24H22F3N5O2S. The fraction of sp³-hybridized carbons (Fsp3) is 0.292. The van der Waals surface area contributed by atoms with Crippen LogP contribution in [0.3, 0.4) is 0 Å². The van der Waals surface area contributed by atoms with E-state index >= 15 is 0 Å². The number of hydrogen-bond donors (Lipinski definition) is 1. The van der Waals surface area contributed by atoms with E-state index in [0.717, 1.165) is 5.56 Å². The van der Waals surface area contributed by atoms with Crippen LogP contribution in [0.25, 0.3) is 16.6 Å². The van der Waals surface area contributed by atoms with Crippen LogP contribution in [-0.2, 0) is 10.3 Å². The number of hydrogen-bond acceptors (Lipinski definition) is 6. The molecule has 0 aliphatic carbocycles. The normalized spacial score (nSPS) is 17.5. The molecule has 0 bridgehead atoms. The Kier molecular flexibility index (Phi) is 5.44. The topological polar surface area (TPSA) is 85.8 Å². The van der Waals surface area contributed by atoms with Crippen LogP contribution in [0.4, 0.5) is 19.0 Å². The first-order chi connectivity index (χ1) is 16.4. The van der Waals surface area contributed by atoms with E-state index in [4.69, 9.17) is 10.5 Å². The molecule has 4 aromatic rings. The fourth-order valence-electron chi connectivity index (χ4n) is 4.47. The summed E-state index contributed by atoms with van der Waals surface area (Å²) in [6.45, 7) is 3.83. The van der Waals surface area contributed by atoms with Gasteiger partial charge < -0.3 is 15.4 Å². The molecule has 3 heterocycles. The number of likely N-dealkylation sites (N-methyl/N-ethyl adjacent to an activating group) is 1. The Labute approximate surface area is 203 Å². The molecule has 1 amide bonds. The third kappa shape index (κ3) is 4.19. The molecule has 7 nitrogen and oxygen atoms in total. The van der Waals surface area contributed by atoms with Crippen LogP contribution in [0.1, 0.15) is 41.4 Å². The molecule has 11 heteroatoms. The van der Waals surface area contributed by atoms with Gasteiger partial charge in [0.15, 0.2) is 0 Å². The average molecular weight is 502 g/mol. The monoisotopic (exact) mass is 501 g/mol. The number of carbonyl (C=O) groups excluding carboxylic acids is 1. The van der Waals surface area contributed by atoms with Crippen LogP contribution in [-0.4, -0.2) is 44.3 Å². The molecule has 0 fully saturated rings. The SMILES string of the molecule is CN(C(=O)c1ccc2nc(N)c3cncn3c2c1)[C@@H]1COC(C)(C)c2cc(SC(F)(F)F)ccc21. The van der Waals surface area contributed by atoms with Crippen LogP contribution in [0, 0.1) is 0 Å². The minimum Gasteiger partial charge on any atom is -0.382 e. The van der Waals surface area contributed by atoms with E-state index in [1.54, 1.807) is 53.1 Å². The smallest absolute Gasteiger partial charge is 0.382 e. The second kappa shape index (κ2) is 8.13. The number of rotatable bonds is 3. The van der Waals surface area contributed by atoms with Crippen molar-refractivity contribution < 1.29 is 22.7 Å². The first-order valence-electron chi connectivity index (χ1n) is 10.8. The zero-order valence-corrected chi connectivity index (χ0v) is 19.9. The molecule has 1 aliphatic rings. The lowest BCUT2D eigenvalue weighted by Gasteiger charge is -2.41. The third-order valence-corrected chi connectivity index (χ3v) is 7.00. The standard InChI is InChI=1S/C24H22F3N5O2S/c1-23(2)16-9-14(35-24(25,26)27)5-6-15(16)20(11-34-23)31(3)22(33)13-4-7-17-18(8-13)32-12-29-10-19(32)21(28)30-17/h4-10,12,20H,11H2,1-3H3,(H2,28,30)/t20-/m1/s1. The number of ether oxygens (including phenoxy) is 1. The number of amides is 1. The highest BCUT2D eigenvalue weighted by molar-refractivity contribution is 8.00. The van der Waals surface area contributed by atoms with Gasteiger partial charge in [-0.3, -0.25) is 9.20 Å². The lowest BCUT2D eigenvalue weighted by molar-refractivity contribution is -0.0614. The van der Waals surface area contributed by atoms with Gasteiger partial charge in [0.1, 0.15) is 11.3 Å². The number of fused-ring (bicyclic) bond motifs is 4. The van der Waals surface area contributed by atoms with Crippen LogP contribution in [0.2, 0.25) is 0 Å². The Bertz CT molecular complexity index is 1470. The number of nitrogen functional groups attached to an aromatic ring is 1. The largest absolute Gasteiger partial charge is 0.446 e. The van der Waals surface area contributed by atoms with E-state index in [0.29, 0.717) is 33.5 Å². The summed E-state index contributed by atoms with van der Waals surface area (Å²) < 4.78 is 46.6. The van der Waals surface area contributed by atoms with Crippen LogP contribution < -0.4 is 5.73 Å². The Hall–Kier alpha value is -3.31. The molecule has 1 aliphatic heterocycles. The highest BCUT2D eigenvalue weighted by Gasteiger charge is 2.38. The summed E-state index contributed by atoms with van der Waals surface area (Å²) >= 11 is -0.168. The van der Waals surface area contributed by atoms with Gasteiger partial charge in [-0.25, -0.2) is 9.97 Å². The van der Waals surface area contributed by atoms with Gasteiger partial charge in [0, 0.05) is 17.5 Å². The predicted octanol–water partition coefficient (Wildman–Crippen LogP) is 5.16. The molecule has 2 N–H and O–H groups in total. The van der Waals surface area contributed by atoms with Crippen molar-refractivity contribution in [1.82, 2.24) is 19.3 Å². The summed E-state index contributed by atoms with van der Waals surface area (Å²) in [6.07, 6.45) is 3.21. The van der Waals surface area contributed by atoms with Crippen molar-refractivity contribution in [3.63, 3.8) is 0 Å². The number of thioether (sulfide) groups is 1. The maximum absolute atomic E-state index is 13.5. The second-order valence-electron chi connectivity index (χ2n) is 8.90. The van der Waals surface area contributed by atoms with Gasteiger partial charge in [-0.05, 0) is 67.1 Å². The minimum atomic E-state index is -4.39. The molecule has 0 saturated heterocycles. The minimum absolute atomic E-state index is 0.0770. The molecule has 2 aromatic carbocycles. The molecule has 0 unspecified atom stereocenters. The number of anilines is 1. The summed E-state index contributed by atoms with van der Waals surface area (Å²) in [5, 5.41) is 0. The van der Waals surface area contributed by atoms with Crippen LogP contribution in [0.5, 0.6) is 0 Å². The molecule has 0 saturated carbocycles. The van der Waals surface area contributed by atoms with Gasteiger partial charge in [-0.2, -0.15) is 13.2 Å². The number of nitrogens with zero attached hydrogens (tertiary/aromatic N) is 4. The molecule has 0 spiro atoms. The first-order valence-corrected chi connectivity index (χ1v) is 11.6. The molecular weight excluding hydrogens is 479 g/mol. The van der Waals surface area contributed by atoms with Gasteiger partial charge >= 0.3 is 5.51 Å². The Morgan fingerprint density at radius 3 is 2.74 bits per heavy atom. The summed E-state index contributed by atoms with van der Waals surface area (Å²) in [7, 11) is 1.66. The van der Waals surface area contributed by atoms with Crippen molar-refractivity contribution in [1.29, 1.82) is 0 Å². The maximum atomic E-state index is 13.5. The molecule has 1 atom stereocenters. The fourth-order valence-corrected chi connectivity index (χ4v) is 5.05. The van der Waals surface area contributed by atoms with E-state index in [-0.39, 0.29) is 29.2 Å². The van der Waals surface area contributed by atoms with Crippen LogP contribution in [0.15, 0.2) is 53.8 Å². The number of alkyl halides is 3. The van der Waals surface area contributed by atoms with Gasteiger partial charge in [0.2, 0.25) is 0 Å². The quantitative estimate of drug-likeness (QED) is 0.391. The predicted molar refractivity (Wildman–Crippen MR) is 127 cm³/mol. The van der Waals surface area contributed by atoms with Gasteiger partial charge in [-0.15, -0.1) is 0 Å². The number of imidazole rings is 1. The van der Waals surface area contributed by atoms with E-state index in [1.165, 1.54) is 12.1 Å². The highest BCUT2D eigenvalue weighted by atomic mass is 32.2. The number of carbonyl (C=O) groups is 1. The molecule has 0 radical (unpaired) electrons. The van der Waals surface area contributed by atoms with Gasteiger partial charge in [-0.1, -0.05) is 6.07 Å². The van der Waals surface area contributed by atoms with Crippen molar-refractivity contribution in [2.24, 2.45) is 0 Å². The average Bonchev–Trinajstić information content (AvgIpc) is 3.29. The number of aromatic nitrogens is 3. The molecule has 182 valence electrons. The zero-order valence-electron chi connectivity index (χ0n) is 19.1.